The van der Waals surface area contributed by atoms with E-state index in [-0.39, 0.29) is 18.8 Å². The Morgan fingerprint density at radius 2 is 2.12 bits per heavy atom. The highest BCUT2D eigenvalue weighted by atomic mass is 16.6. The summed E-state index contributed by atoms with van der Waals surface area (Å²) in [6.45, 7) is 0.746. The van der Waals surface area contributed by atoms with Crippen LogP contribution in [0.4, 0.5) is 5.82 Å². The molecule has 0 aliphatic carbocycles. The SMILES string of the molecule is Nc1ncnc2c1ncn2C1OC(CNCCCC(=O)O)[C@@H](O)[C@H]1O. The number of aliphatic hydroxyl groups is 2. The van der Waals surface area contributed by atoms with Crippen molar-refractivity contribution in [1.82, 2.24) is 24.8 Å². The number of rotatable bonds is 7. The van der Waals surface area contributed by atoms with Crippen molar-refractivity contribution in [2.24, 2.45) is 0 Å². The van der Waals surface area contributed by atoms with Gasteiger partial charge in [-0.05, 0) is 13.0 Å². The summed E-state index contributed by atoms with van der Waals surface area (Å²) < 4.78 is 7.25. The summed E-state index contributed by atoms with van der Waals surface area (Å²) >= 11 is 0. The lowest BCUT2D eigenvalue weighted by Gasteiger charge is -2.16. The number of hydrogen-bond donors (Lipinski definition) is 5. The van der Waals surface area contributed by atoms with Gasteiger partial charge >= 0.3 is 5.97 Å². The van der Waals surface area contributed by atoms with Gasteiger partial charge in [0.25, 0.3) is 0 Å². The number of nitrogens with two attached hydrogens (primary N) is 1. The Balaban J connectivity index is 1.65. The van der Waals surface area contributed by atoms with Crippen molar-refractivity contribution in [3.05, 3.63) is 12.7 Å². The quantitative estimate of drug-likeness (QED) is 0.369. The lowest BCUT2D eigenvalue weighted by atomic mass is 10.1. The van der Waals surface area contributed by atoms with E-state index in [1.165, 1.54) is 17.2 Å². The number of fused-ring (bicyclic) bond motifs is 1. The predicted molar refractivity (Wildman–Crippen MR) is 85.4 cm³/mol. The fourth-order valence-electron chi connectivity index (χ4n) is 2.79. The molecule has 3 rings (SSSR count). The standard InChI is InChI=1S/C14H20N6O5/c15-12-9-13(18-5-17-12)20(6-19-9)14-11(24)10(23)7(25-14)4-16-3-1-2-8(21)22/h5-7,10-11,14,16,23-24H,1-4H2,(H,21,22)(H2,15,17,18)/t7?,10-,11-,14?/m1/s1. The molecule has 2 aromatic rings. The summed E-state index contributed by atoms with van der Waals surface area (Å²) in [5.74, 6) is -0.642. The van der Waals surface area contributed by atoms with Crippen LogP contribution in [0.25, 0.3) is 11.2 Å². The number of anilines is 1. The van der Waals surface area contributed by atoms with Crippen LogP contribution in [0, 0.1) is 0 Å². The van der Waals surface area contributed by atoms with Crippen LogP contribution in [0.15, 0.2) is 12.7 Å². The highest BCUT2D eigenvalue weighted by Gasteiger charge is 2.44. The molecule has 1 saturated heterocycles. The van der Waals surface area contributed by atoms with Gasteiger partial charge in [-0.3, -0.25) is 9.36 Å². The van der Waals surface area contributed by atoms with Crippen LogP contribution in [0.2, 0.25) is 0 Å². The number of imidazole rings is 1. The smallest absolute Gasteiger partial charge is 0.303 e. The maximum atomic E-state index is 10.5. The van der Waals surface area contributed by atoms with Gasteiger partial charge in [0.15, 0.2) is 17.7 Å². The summed E-state index contributed by atoms with van der Waals surface area (Å²) in [6.07, 6.45) is -0.538. The van der Waals surface area contributed by atoms with Gasteiger partial charge in [-0.15, -0.1) is 0 Å². The molecule has 1 aliphatic rings. The van der Waals surface area contributed by atoms with Crippen molar-refractivity contribution in [3.63, 3.8) is 0 Å². The van der Waals surface area contributed by atoms with Gasteiger partial charge in [0, 0.05) is 13.0 Å². The molecule has 11 nitrogen and oxygen atoms in total. The number of aliphatic hydroxyl groups excluding tert-OH is 2. The molecule has 0 radical (unpaired) electrons. The molecule has 136 valence electrons. The second kappa shape index (κ2) is 7.27. The maximum Gasteiger partial charge on any atom is 0.303 e. The number of carboxylic acids is 1. The van der Waals surface area contributed by atoms with E-state index in [0.29, 0.717) is 24.1 Å². The Labute approximate surface area is 142 Å². The Hall–Kier alpha value is -2.34. The molecule has 0 spiro atoms. The number of nitrogen functional groups attached to an aromatic ring is 1. The van der Waals surface area contributed by atoms with E-state index in [4.69, 9.17) is 15.6 Å². The molecule has 2 unspecified atom stereocenters. The van der Waals surface area contributed by atoms with Crippen molar-refractivity contribution in [2.45, 2.75) is 37.4 Å². The summed E-state index contributed by atoms with van der Waals surface area (Å²) in [7, 11) is 0. The molecule has 1 fully saturated rings. The first-order valence-corrected chi connectivity index (χ1v) is 7.86. The molecular weight excluding hydrogens is 332 g/mol. The molecule has 3 heterocycles. The van der Waals surface area contributed by atoms with Gasteiger partial charge in [0.05, 0.1) is 6.33 Å². The zero-order valence-corrected chi connectivity index (χ0v) is 13.3. The Morgan fingerprint density at radius 1 is 1.32 bits per heavy atom. The zero-order valence-electron chi connectivity index (χ0n) is 13.3. The first-order valence-electron chi connectivity index (χ1n) is 7.86. The molecule has 0 saturated carbocycles. The van der Waals surface area contributed by atoms with Crippen LogP contribution >= 0.6 is 0 Å². The van der Waals surface area contributed by atoms with Gasteiger partial charge < -0.3 is 31.1 Å². The molecule has 2 aromatic heterocycles. The van der Waals surface area contributed by atoms with Gasteiger partial charge in [0.2, 0.25) is 0 Å². The molecule has 1 aliphatic heterocycles. The summed E-state index contributed by atoms with van der Waals surface area (Å²) in [5, 5.41) is 32.1. The molecule has 0 amide bonds. The monoisotopic (exact) mass is 352 g/mol. The molecular formula is C14H20N6O5. The molecule has 4 atom stereocenters. The highest BCUT2D eigenvalue weighted by Crippen LogP contribution is 2.31. The molecule has 0 aromatic carbocycles. The second-order valence-corrected chi connectivity index (χ2v) is 5.83. The van der Waals surface area contributed by atoms with Crippen LogP contribution < -0.4 is 11.1 Å². The number of nitrogens with zero attached hydrogens (tertiary/aromatic N) is 4. The number of nitrogens with one attached hydrogen (secondary N) is 1. The second-order valence-electron chi connectivity index (χ2n) is 5.83. The fraction of sp³-hybridized carbons (Fsp3) is 0.571. The van der Waals surface area contributed by atoms with Gasteiger partial charge in [-0.1, -0.05) is 0 Å². The van der Waals surface area contributed by atoms with E-state index in [0.717, 1.165) is 0 Å². The third-order valence-corrected chi connectivity index (χ3v) is 4.09. The van der Waals surface area contributed by atoms with Crippen molar-refractivity contribution in [2.75, 3.05) is 18.8 Å². The van der Waals surface area contributed by atoms with Gasteiger partial charge in [0.1, 0.15) is 30.2 Å². The largest absolute Gasteiger partial charge is 0.481 e. The zero-order chi connectivity index (χ0) is 18.0. The average molecular weight is 352 g/mol. The van der Waals surface area contributed by atoms with Crippen LogP contribution in [0.5, 0.6) is 0 Å². The number of carbonyl (C=O) groups is 1. The van der Waals surface area contributed by atoms with Crippen molar-refractivity contribution in [1.29, 1.82) is 0 Å². The van der Waals surface area contributed by atoms with E-state index >= 15 is 0 Å². The van der Waals surface area contributed by atoms with Crippen molar-refractivity contribution < 1.29 is 24.9 Å². The Bertz CT molecular complexity index is 752. The minimum atomic E-state index is -1.17. The Morgan fingerprint density at radius 3 is 2.88 bits per heavy atom. The third-order valence-electron chi connectivity index (χ3n) is 4.09. The number of ether oxygens (including phenoxy) is 1. The minimum absolute atomic E-state index is 0.0640. The first-order chi connectivity index (χ1) is 12.0. The van der Waals surface area contributed by atoms with Crippen LogP contribution in [0.1, 0.15) is 19.1 Å². The van der Waals surface area contributed by atoms with E-state index in [9.17, 15) is 15.0 Å². The van der Waals surface area contributed by atoms with Gasteiger partial charge in [-0.25, -0.2) is 15.0 Å². The maximum absolute atomic E-state index is 10.5. The number of hydrogen-bond acceptors (Lipinski definition) is 9. The van der Waals surface area contributed by atoms with Crippen molar-refractivity contribution in [3.8, 4) is 0 Å². The van der Waals surface area contributed by atoms with Crippen LogP contribution in [-0.2, 0) is 9.53 Å². The fourth-order valence-corrected chi connectivity index (χ4v) is 2.79. The lowest BCUT2D eigenvalue weighted by molar-refractivity contribution is -0.137. The lowest BCUT2D eigenvalue weighted by Crippen LogP contribution is -2.38. The summed E-state index contributed by atoms with van der Waals surface area (Å²) in [5.41, 5.74) is 6.53. The molecule has 25 heavy (non-hydrogen) atoms. The molecule has 6 N–H and O–H groups in total. The molecule has 0 bridgehead atoms. The number of aromatic nitrogens is 4. The van der Waals surface area contributed by atoms with E-state index < -0.39 is 30.5 Å². The average Bonchev–Trinajstić information content (AvgIpc) is 3.11. The number of carboxylic acid groups (broad SMARTS) is 1. The predicted octanol–water partition coefficient (Wildman–Crippen LogP) is -1.52. The third kappa shape index (κ3) is 3.54. The first kappa shape index (κ1) is 17.5. The van der Waals surface area contributed by atoms with Gasteiger partial charge in [-0.2, -0.15) is 0 Å². The Kier molecular flexibility index (Phi) is 5.08. The topological polar surface area (TPSA) is 169 Å². The van der Waals surface area contributed by atoms with E-state index in [1.54, 1.807) is 0 Å². The van der Waals surface area contributed by atoms with Crippen molar-refractivity contribution >= 4 is 23.0 Å². The number of aliphatic carboxylic acids is 1. The van der Waals surface area contributed by atoms with E-state index in [2.05, 4.69) is 20.3 Å². The summed E-state index contributed by atoms with van der Waals surface area (Å²) in [6, 6.07) is 0. The van der Waals surface area contributed by atoms with Crippen LogP contribution in [-0.4, -0.2) is 72.2 Å². The molecule has 11 heteroatoms. The van der Waals surface area contributed by atoms with Crippen LogP contribution in [0.3, 0.4) is 0 Å². The van der Waals surface area contributed by atoms with E-state index in [1.807, 2.05) is 0 Å². The highest BCUT2D eigenvalue weighted by molar-refractivity contribution is 5.81. The minimum Gasteiger partial charge on any atom is -0.481 e. The summed E-state index contributed by atoms with van der Waals surface area (Å²) in [4.78, 5) is 22.5. The normalized spacial score (nSPS) is 26.3.